The Labute approximate surface area is 196 Å². The first-order valence-corrected chi connectivity index (χ1v) is 12.2. The van der Waals surface area contributed by atoms with E-state index in [9.17, 15) is 13.2 Å². The molecule has 0 fully saturated rings. The maximum Gasteiger partial charge on any atom is 1.00 e. The fourth-order valence-corrected chi connectivity index (χ4v) is 3.70. The van der Waals surface area contributed by atoms with Crippen molar-refractivity contribution in [2.75, 3.05) is 6.54 Å². The maximum atomic E-state index is 11.8. The molecule has 0 aromatic heterocycles. The van der Waals surface area contributed by atoms with Crippen LogP contribution in [0.25, 0.3) is 0 Å². The van der Waals surface area contributed by atoms with Gasteiger partial charge in [-0.1, -0.05) is 70.4 Å². The summed E-state index contributed by atoms with van der Waals surface area (Å²) in [5.74, 6) is -0.138. The molecule has 28 heavy (non-hydrogen) atoms. The fourth-order valence-electron chi connectivity index (χ4n) is 3.06. The second kappa shape index (κ2) is 20.5. The molecule has 0 heterocycles. The molecule has 0 rings (SSSR count). The van der Waals surface area contributed by atoms with Gasteiger partial charge in [0.2, 0.25) is 0 Å². The number of nitrogens with two attached hydrogens (primary N) is 1. The molecular formula is C21H42NNaO4S. The second-order valence-corrected chi connectivity index (χ2v) is 9.15. The molecule has 5 nitrogen and oxygen atoms in total. The Kier molecular flexibility index (Phi) is 22.4. The second-order valence-electron chi connectivity index (χ2n) is 7.45. The number of hydrogen-bond donors (Lipinski definition) is 2. The van der Waals surface area contributed by atoms with E-state index < -0.39 is 15.4 Å². The fraction of sp³-hybridized carbons (Fsp3) is 0.857. The van der Waals surface area contributed by atoms with Gasteiger partial charge in [0.05, 0.1) is 0 Å². The average molecular weight is 428 g/mol. The van der Waals surface area contributed by atoms with E-state index in [-0.39, 0.29) is 49.7 Å². The van der Waals surface area contributed by atoms with Crippen molar-refractivity contribution in [3.8, 4) is 0 Å². The molecule has 162 valence electrons. The number of carbonyl (C=O) groups is 1. The molecule has 0 amide bonds. The predicted molar refractivity (Wildman–Crippen MR) is 115 cm³/mol. The van der Waals surface area contributed by atoms with Crippen LogP contribution in [0.15, 0.2) is 12.2 Å². The third-order valence-corrected chi connectivity index (χ3v) is 6.06. The molecule has 0 aliphatic heterocycles. The van der Waals surface area contributed by atoms with Gasteiger partial charge < -0.3 is 7.16 Å². The summed E-state index contributed by atoms with van der Waals surface area (Å²) in [4.78, 5) is 11.8. The largest absolute Gasteiger partial charge is 1.00 e. The van der Waals surface area contributed by atoms with Gasteiger partial charge in [0.25, 0.3) is 10.1 Å². The zero-order valence-electron chi connectivity index (χ0n) is 19.2. The minimum atomic E-state index is -4.22. The van der Waals surface area contributed by atoms with Crippen molar-refractivity contribution >= 4 is 15.9 Å². The van der Waals surface area contributed by atoms with E-state index in [2.05, 4.69) is 19.1 Å². The van der Waals surface area contributed by atoms with Crippen LogP contribution in [0.2, 0.25) is 0 Å². The monoisotopic (exact) mass is 427 g/mol. The molecule has 0 aliphatic carbocycles. The summed E-state index contributed by atoms with van der Waals surface area (Å²) in [5, 5.41) is -1.16. The molecule has 3 N–H and O–H groups in total. The number of carbonyl (C=O) groups excluding carboxylic acids is 1. The summed E-state index contributed by atoms with van der Waals surface area (Å²) in [5.41, 5.74) is 5.30. The van der Waals surface area contributed by atoms with Gasteiger partial charge in [0.15, 0.2) is 0 Å². The smallest absolute Gasteiger partial charge is 1.00 e. The van der Waals surface area contributed by atoms with Gasteiger partial charge in [-0.05, 0) is 32.1 Å². The average Bonchev–Trinajstić information content (AvgIpc) is 2.62. The first kappa shape index (κ1) is 30.5. The SMILES string of the molecule is CCCCCCCC/C=C\CCCCCCCC(=O)CC(CN)S(=O)(=O)O.[H-].[Na+]. The summed E-state index contributed by atoms with van der Waals surface area (Å²) in [6.45, 7) is 2.02. The molecule has 1 atom stereocenters. The van der Waals surface area contributed by atoms with Crippen LogP contribution < -0.4 is 35.3 Å². The number of hydrogen-bond acceptors (Lipinski definition) is 4. The van der Waals surface area contributed by atoms with Crippen LogP contribution in [0.3, 0.4) is 0 Å². The summed E-state index contributed by atoms with van der Waals surface area (Å²) >= 11 is 0. The first-order chi connectivity index (χ1) is 12.9. The first-order valence-electron chi connectivity index (χ1n) is 10.7. The van der Waals surface area contributed by atoms with Gasteiger partial charge in [-0.3, -0.25) is 9.35 Å². The quantitative estimate of drug-likeness (QED) is 0.143. The molecule has 0 bridgehead atoms. The molecule has 0 radical (unpaired) electrons. The van der Waals surface area contributed by atoms with Crippen molar-refractivity contribution in [2.24, 2.45) is 5.73 Å². The Hall–Kier alpha value is 0.280. The summed E-state index contributed by atoms with van der Waals surface area (Å²) in [7, 11) is -4.22. The molecular weight excluding hydrogens is 385 g/mol. The maximum absolute atomic E-state index is 11.8. The minimum Gasteiger partial charge on any atom is -1.00 e. The number of unbranched alkanes of at least 4 members (excludes halogenated alkanes) is 11. The van der Waals surface area contributed by atoms with Crippen molar-refractivity contribution in [3.63, 3.8) is 0 Å². The van der Waals surface area contributed by atoms with Crippen molar-refractivity contribution < 1.29 is 48.7 Å². The van der Waals surface area contributed by atoms with Gasteiger partial charge >= 0.3 is 29.6 Å². The Morgan fingerprint density at radius 1 is 0.929 bits per heavy atom. The summed E-state index contributed by atoms with van der Waals surface area (Å²) < 4.78 is 31.0. The Morgan fingerprint density at radius 2 is 1.39 bits per heavy atom. The van der Waals surface area contributed by atoms with Crippen LogP contribution in [0, 0.1) is 0 Å². The zero-order chi connectivity index (χ0) is 20.4. The molecule has 1 unspecified atom stereocenters. The Bertz CT molecular complexity index is 501. The standard InChI is InChI=1S/C21H41NO4S.Na.H/c1-2-3-4-5-6-7-8-9-10-11-12-13-14-15-16-17-20(23)18-21(19-22)27(24,25)26;;/h9-10,21H,2-8,11-19,22H2,1H3,(H,24,25,26);;/q;+1;-1/b10-9-;;. The van der Waals surface area contributed by atoms with Crippen LogP contribution in [-0.2, 0) is 14.9 Å². The molecule has 0 aliphatic rings. The van der Waals surface area contributed by atoms with Crippen molar-refractivity contribution in [1.82, 2.24) is 0 Å². The molecule has 7 heteroatoms. The zero-order valence-corrected chi connectivity index (χ0v) is 21.0. The molecule has 0 aromatic carbocycles. The van der Waals surface area contributed by atoms with E-state index in [1.807, 2.05) is 0 Å². The van der Waals surface area contributed by atoms with Gasteiger partial charge in [0.1, 0.15) is 11.0 Å². The van der Waals surface area contributed by atoms with Gasteiger partial charge in [-0.25, -0.2) is 0 Å². The molecule has 0 saturated heterocycles. The van der Waals surface area contributed by atoms with Crippen molar-refractivity contribution in [1.29, 1.82) is 0 Å². The number of Topliss-reactive ketones (excluding diaryl/α,β-unsaturated/α-hetero) is 1. The Balaban J connectivity index is -0.00000338. The number of ketones is 1. The van der Waals surface area contributed by atoms with Crippen LogP contribution in [0.5, 0.6) is 0 Å². The van der Waals surface area contributed by atoms with E-state index in [0.29, 0.717) is 6.42 Å². The molecule has 0 aromatic rings. The van der Waals surface area contributed by atoms with Crippen molar-refractivity contribution in [3.05, 3.63) is 12.2 Å². The number of rotatable bonds is 19. The van der Waals surface area contributed by atoms with E-state index in [1.165, 1.54) is 51.4 Å². The van der Waals surface area contributed by atoms with Gasteiger partial charge in [-0.2, -0.15) is 8.42 Å². The normalized spacial score (nSPS) is 12.8. The predicted octanol–water partition coefficient (Wildman–Crippen LogP) is 2.31. The minimum absolute atomic E-state index is 0. The van der Waals surface area contributed by atoms with Crippen LogP contribution >= 0.6 is 0 Å². The van der Waals surface area contributed by atoms with E-state index in [0.717, 1.165) is 32.1 Å². The molecule has 0 saturated carbocycles. The third-order valence-electron chi connectivity index (χ3n) is 4.86. The summed E-state index contributed by atoms with van der Waals surface area (Å²) in [6.07, 6.45) is 20.3. The van der Waals surface area contributed by atoms with Crippen LogP contribution in [0.4, 0.5) is 0 Å². The van der Waals surface area contributed by atoms with E-state index in [1.54, 1.807) is 0 Å². The summed E-state index contributed by atoms with van der Waals surface area (Å²) in [6, 6.07) is 0. The van der Waals surface area contributed by atoms with E-state index >= 15 is 0 Å². The topological polar surface area (TPSA) is 97.5 Å². The third kappa shape index (κ3) is 19.6. The van der Waals surface area contributed by atoms with Crippen LogP contribution in [0.1, 0.15) is 105 Å². The van der Waals surface area contributed by atoms with Gasteiger partial charge in [0, 0.05) is 19.4 Å². The van der Waals surface area contributed by atoms with Crippen molar-refractivity contribution in [2.45, 2.75) is 108 Å². The molecule has 0 spiro atoms. The van der Waals surface area contributed by atoms with Crippen LogP contribution in [-0.4, -0.2) is 30.5 Å². The number of allylic oxidation sites excluding steroid dienone is 2. The Morgan fingerprint density at radius 3 is 1.86 bits per heavy atom. The van der Waals surface area contributed by atoms with E-state index in [4.69, 9.17) is 10.3 Å². The van der Waals surface area contributed by atoms with Gasteiger partial charge in [-0.15, -0.1) is 0 Å².